The molecule has 0 aromatic heterocycles. The van der Waals surface area contributed by atoms with E-state index in [-0.39, 0.29) is 23.9 Å². The molecule has 0 radical (unpaired) electrons. The molecule has 0 aliphatic heterocycles. The molecular weight excluding hydrogens is 212 g/mol. The Kier molecular flexibility index (Phi) is 4.04. The van der Waals surface area contributed by atoms with Crippen molar-refractivity contribution in [1.29, 1.82) is 0 Å². The van der Waals surface area contributed by atoms with Crippen LogP contribution in [0.15, 0.2) is 24.3 Å². The van der Waals surface area contributed by atoms with Crippen LogP contribution < -0.4 is 0 Å². The van der Waals surface area contributed by atoms with E-state index in [0.717, 1.165) is 5.56 Å². The molecule has 0 heterocycles. The Morgan fingerprint density at radius 3 is 2.53 bits per heavy atom. The normalized spacial score (nSPS) is 10.4. The molecule has 1 aromatic rings. The largest absolute Gasteiger partial charge is 0.291 e. The fraction of sp³-hybridized carbons (Fsp3) is 0.333. The molecule has 0 atom stereocenters. The van der Waals surface area contributed by atoms with Gasteiger partial charge >= 0.3 is 0 Å². The van der Waals surface area contributed by atoms with Gasteiger partial charge in [-0.15, -0.1) is 0 Å². The third-order valence-corrected chi connectivity index (χ3v) is 2.29. The van der Waals surface area contributed by atoms with Gasteiger partial charge in [0.25, 0.3) is 0 Å². The number of hydrogen-bond donors (Lipinski definition) is 0. The van der Waals surface area contributed by atoms with Gasteiger partial charge < -0.3 is 0 Å². The maximum Gasteiger partial charge on any atom is 0.203 e. The van der Waals surface area contributed by atoms with Crippen LogP contribution in [0.1, 0.15) is 19.4 Å². The first-order valence-electron chi connectivity index (χ1n) is 4.82. The second-order valence-corrected chi connectivity index (χ2v) is 4.19. The van der Waals surface area contributed by atoms with E-state index in [1.54, 1.807) is 38.1 Å². The van der Waals surface area contributed by atoms with Crippen molar-refractivity contribution in [2.45, 2.75) is 20.3 Å². The number of hydrogen-bond acceptors (Lipinski definition) is 2. The van der Waals surface area contributed by atoms with Crippen molar-refractivity contribution in [3.8, 4) is 0 Å². The minimum atomic E-state index is -0.354. The van der Waals surface area contributed by atoms with Crippen molar-refractivity contribution >= 4 is 23.2 Å². The first kappa shape index (κ1) is 11.9. The van der Waals surface area contributed by atoms with Crippen LogP contribution >= 0.6 is 11.6 Å². The van der Waals surface area contributed by atoms with Crippen LogP contribution in [0.5, 0.6) is 0 Å². The van der Waals surface area contributed by atoms with Crippen LogP contribution in [0.3, 0.4) is 0 Å². The lowest BCUT2D eigenvalue weighted by atomic mass is 10.00. The summed E-state index contributed by atoms with van der Waals surface area (Å²) in [6.45, 7) is 3.44. The van der Waals surface area contributed by atoms with E-state index in [0.29, 0.717) is 5.02 Å². The van der Waals surface area contributed by atoms with Crippen molar-refractivity contribution < 1.29 is 9.59 Å². The van der Waals surface area contributed by atoms with Crippen LogP contribution in [0.25, 0.3) is 0 Å². The Balaban J connectivity index is 2.71. The summed E-state index contributed by atoms with van der Waals surface area (Å²) in [5.41, 5.74) is 0.779. The topological polar surface area (TPSA) is 34.1 Å². The number of ketones is 2. The lowest BCUT2D eigenvalue weighted by Crippen LogP contribution is -2.21. The van der Waals surface area contributed by atoms with Gasteiger partial charge in [0, 0.05) is 17.4 Å². The molecule has 3 heteroatoms. The molecule has 0 spiro atoms. The summed E-state index contributed by atoms with van der Waals surface area (Å²) in [5, 5.41) is 0.581. The van der Waals surface area contributed by atoms with E-state index in [2.05, 4.69) is 0 Å². The van der Waals surface area contributed by atoms with Crippen molar-refractivity contribution in [2.75, 3.05) is 0 Å². The molecule has 0 aliphatic rings. The number of carbonyl (C=O) groups is 2. The first-order chi connectivity index (χ1) is 7.00. The lowest BCUT2D eigenvalue weighted by molar-refractivity contribution is -0.138. The van der Waals surface area contributed by atoms with E-state index in [9.17, 15) is 9.59 Å². The van der Waals surface area contributed by atoms with E-state index in [4.69, 9.17) is 11.6 Å². The van der Waals surface area contributed by atoms with Gasteiger partial charge in [-0.05, 0) is 17.7 Å². The maximum absolute atomic E-state index is 11.5. The van der Waals surface area contributed by atoms with Crippen molar-refractivity contribution in [3.63, 3.8) is 0 Å². The quantitative estimate of drug-likeness (QED) is 0.737. The third-order valence-electron chi connectivity index (χ3n) is 2.05. The SMILES string of the molecule is CC(C)C(=O)C(=O)Cc1cccc(Cl)c1. The van der Waals surface area contributed by atoms with E-state index in [1.165, 1.54) is 0 Å². The molecule has 15 heavy (non-hydrogen) atoms. The smallest absolute Gasteiger partial charge is 0.203 e. The molecule has 0 saturated carbocycles. The van der Waals surface area contributed by atoms with Gasteiger partial charge in [0.05, 0.1) is 0 Å². The Labute approximate surface area is 94.2 Å². The summed E-state index contributed by atoms with van der Waals surface area (Å²) in [5.74, 6) is -0.918. The average molecular weight is 225 g/mol. The van der Waals surface area contributed by atoms with Gasteiger partial charge in [-0.25, -0.2) is 0 Å². The summed E-state index contributed by atoms with van der Waals surface area (Å²) in [6.07, 6.45) is 0.136. The highest BCUT2D eigenvalue weighted by atomic mass is 35.5. The van der Waals surface area contributed by atoms with E-state index in [1.807, 2.05) is 0 Å². The standard InChI is InChI=1S/C12H13ClO2/c1-8(2)12(15)11(14)7-9-4-3-5-10(13)6-9/h3-6,8H,7H2,1-2H3. The monoisotopic (exact) mass is 224 g/mol. The Bertz CT molecular complexity index is 383. The number of Topliss-reactive ketones (excluding diaryl/α,β-unsaturated/α-hetero) is 2. The van der Waals surface area contributed by atoms with Gasteiger partial charge in [-0.2, -0.15) is 0 Å². The summed E-state index contributed by atoms with van der Waals surface area (Å²) < 4.78 is 0. The summed E-state index contributed by atoms with van der Waals surface area (Å²) in [7, 11) is 0. The molecular formula is C12H13ClO2. The molecule has 2 nitrogen and oxygen atoms in total. The minimum Gasteiger partial charge on any atom is -0.291 e. The van der Waals surface area contributed by atoms with Gasteiger partial charge in [0.2, 0.25) is 11.6 Å². The summed E-state index contributed by atoms with van der Waals surface area (Å²) >= 11 is 5.77. The second-order valence-electron chi connectivity index (χ2n) is 3.75. The lowest BCUT2D eigenvalue weighted by Gasteiger charge is -2.03. The number of halogens is 1. The highest BCUT2D eigenvalue weighted by Gasteiger charge is 2.17. The van der Waals surface area contributed by atoms with Gasteiger partial charge in [-0.3, -0.25) is 9.59 Å². The summed E-state index contributed by atoms with van der Waals surface area (Å²) in [4.78, 5) is 22.8. The molecule has 0 N–H and O–H groups in total. The molecule has 1 rings (SSSR count). The van der Waals surface area contributed by atoms with E-state index < -0.39 is 0 Å². The molecule has 0 saturated heterocycles. The Morgan fingerprint density at radius 1 is 1.33 bits per heavy atom. The maximum atomic E-state index is 11.5. The molecule has 1 aromatic carbocycles. The second kappa shape index (κ2) is 5.08. The average Bonchev–Trinajstić information content (AvgIpc) is 2.16. The van der Waals surface area contributed by atoms with Gasteiger partial charge in [-0.1, -0.05) is 37.6 Å². The van der Waals surface area contributed by atoms with Crippen LogP contribution in [-0.4, -0.2) is 11.6 Å². The zero-order chi connectivity index (χ0) is 11.4. The van der Waals surface area contributed by atoms with Gasteiger partial charge in [0.1, 0.15) is 0 Å². The highest BCUT2D eigenvalue weighted by Crippen LogP contribution is 2.12. The third kappa shape index (κ3) is 3.48. The molecule has 0 amide bonds. The predicted octanol–water partition coefficient (Wildman–Crippen LogP) is 2.68. The predicted molar refractivity (Wildman–Crippen MR) is 60.0 cm³/mol. The van der Waals surface area contributed by atoms with Gasteiger partial charge in [0.15, 0.2) is 0 Å². The number of benzene rings is 1. The van der Waals surface area contributed by atoms with Crippen molar-refractivity contribution in [2.24, 2.45) is 5.92 Å². The molecule has 0 unspecified atom stereocenters. The van der Waals surface area contributed by atoms with E-state index >= 15 is 0 Å². The minimum absolute atomic E-state index is 0.136. The van der Waals surface area contributed by atoms with Crippen molar-refractivity contribution in [3.05, 3.63) is 34.9 Å². The van der Waals surface area contributed by atoms with Crippen LogP contribution in [0.2, 0.25) is 5.02 Å². The molecule has 0 aliphatic carbocycles. The molecule has 0 bridgehead atoms. The Morgan fingerprint density at radius 2 is 2.00 bits per heavy atom. The fourth-order valence-corrected chi connectivity index (χ4v) is 1.45. The first-order valence-corrected chi connectivity index (χ1v) is 5.20. The highest BCUT2D eigenvalue weighted by molar-refractivity contribution is 6.38. The molecule has 80 valence electrons. The zero-order valence-electron chi connectivity index (χ0n) is 8.79. The number of rotatable bonds is 4. The van der Waals surface area contributed by atoms with Crippen molar-refractivity contribution in [1.82, 2.24) is 0 Å². The molecule has 0 fully saturated rings. The number of carbonyl (C=O) groups excluding carboxylic acids is 2. The zero-order valence-corrected chi connectivity index (χ0v) is 9.54. The van der Waals surface area contributed by atoms with Crippen LogP contribution in [-0.2, 0) is 16.0 Å². The fourth-order valence-electron chi connectivity index (χ4n) is 1.24. The van der Waals surface area contributed by atoms with Crippen LogP contribution in [0, 0.1) is 5.92 Å². The van der Waals surface area contributed by atoms with Crippen LogP contribution in [0.4, 0.5) is 0 Å². The summed E-state index contributed by atoms with van der Waals surface area (Å²) in [6, 6.07) is 7.00. The Hall–Kier alpha value is -1.15.